The molecule has 2 saturated heterocycles. The average Bonchev–Trinajstić information content (AvgIpc) is 3.23. The predicted molar refractivity (Wildman–Crippen MR) is 112 cm³/mol. The second-order valence-electron chi connectivity index (χ2n) is 8.49. The molecule has 0 aromatic carbocycles. The molecule has 0 aliphatic carbocycles. The van der Waals surface area contributed by atoms with E-state index in [9.17, 15) is 13.2 Å². The van der Waals surface area contributed by atoms with Crippen molar-refractivity contribution in [2.45, 2.75) is 96.2 Å². The Morgan fingerprint density at radius 2 is 1.68 bits per heavy atom. The standard InChI is InChI=1S/C22H38O5S/c1-2-3-4-5-8-11-16-28(25,26)17-19-18(20-14-15-21(19)27-20)12-9-6-7-10-13-22(23)24/h6,9,18-21H,2-5,7-8,10-17H2,1H3,(H,23,24)/b9-6-/t18-,19+,20-,21+/m1/s1. The molecular weight excluding hydrogens is 376 g/mol. The van der Waals surface area contributed by atoms with Gasteiger partial charge in [0.15, 0.2) is 9.84 Å². The van der Waals surface area contributed by atoms with E-state index in [0.29, 0.717) is 12.2 Å². The van der Waals surface area contributed by atoms with E-state index >= 15 is 0 Å². The Kier molecular flexibility index (Phi) is 10.00. The van der Waals surface area contributed by atoms with E-state index in [1.807, 2.05) is 6.08 Å². The first kappa shape index (κ1) is 23.4. The normalized spacial score (nSPS) is 27.0. The molecule has 2 bridgehead atoms. The molecule has 0 saturated carbocycles. The molecule has 0 aromatic heterocycles. The molecule has 5 nitrogen and oxygen atoms in total. The SMILES string of the molecule is CCCCCCCCS(=O)(=O)C[C@H]1[C@@H](C/C=C\CCCC(=O)O)[C@H]2CC[C@@H]1O2. The third kappa shape index (κ3) is 7.86. The van der Waals surface area contributed by atoms with Crippen LogP contribution in [0.5, 0.6) is 0 Å². The number of fused-ring (bicyclic) bond motifs is 2. The van der Waals surface area contributed by atoms with E-state index in [-0.39, 0.29) is 36.2 Å². The van der Waals surface area contributed by atoms with E-state index in [4.69, 9.17) is 9.84 Å². The fraction of sp³-hybridized carbons (Fsp3) is 0.864. The molecule has 2 rings (SSSR count). The summed E-state index contributed by atoms with van der Waals surface area (Å²) in [6, 6.07) is 0. The number of allylic oxidation sites excluding steroid dienone is 2. The molecular formula is C22H38O5S. The number of carboxylic acids is 1. The molecule has 4 atom stereocenters. The monoisotopic (exact) mass is 414 g/mol. The van der Waals surface area contributed by atoms with Crippen LogP contribution in [0, 0.1) is 11.8 Å². The first-order valence-electron chi connectivity index (χ1n) is 11.2. The maximum atomic E-state index is 12.6. The lowest BCUT2D eigenvalue weighted by Gasteiger charge is -2.27. The lowest BCUT2D eigenvalue weighted by atomic mass is 9.78. The van der Waals surface area contributed by atoms with Gasteiger partial charge in [-0.25, -0.2) is 8.42 Å². The van der Waals surface area contributed by atoms with E-state index in [0.717, 1.165) is 44.9 Å². The van der Waals surface area contributed by atoms with Crippen molar-refractivity contribution in [3.8, 4) is 0 Å². The summed E-state index contributed by atoms with van der Waals surface area (Å²) in [4.78, 5) is 10.5. The van der Waals surface area contributed by atoms with Gasteiger partial charge < -0.3 is 9.84 Å². The smallest absolute Gasteiger partial charge is 0.303 e. The van der Waals surface area contributed by atoms with Crippen molar-refractivity contribution in [3.63, 3.8) is 0 Å². The highest BCUT2D eigenvalue weighted by Gasteiger charge is 2.49. The zero-order chi connectivity index (χ0) is 20.4. The van der Waals surface area contributed by atoms with Crippen LogP contribution in [0.2, 0.25) is 0 Å². The number of hydrogen-bond acceptors (Lipinski definition) is 4. The van der Waals surface area contributed by atoms with Gasteiger partial charge in [0, 0.05) is 12.3 Å². The molecule has 28 heavy (non-hydrogen) atoms. The Morgan fingerprint density at radius 3 is 2.39 bits per heavy atom. The number of sulfone groups is 1. The quantitative estimate of drug-likeness (QED) is 0.309. The zero-order valence-corrected chi connectivity index (χ0v) is 18.2. The van der Waals surface area contributed by atoms with Crippen molar-refractivity contribution >= 4 is 15.8 Å². The van der Waals surface area contributed by atoms with Crippen molar-refractivity contribution < 1.29 is 23.1 Å². The Labute approximate surface area is 170 Å². The van der Waals surface area contributed by atoms with Crippen LogP contribution in [-0.2, 0) is 19.4 Å². The molecule has 2 fully saturated rings. The average molecular weight is 415 g/mol. The topological polar surface area (TPSA) is 80.7 Å². The second kappa shape index (κ2) is 12.0. The number of rotatable bonds is 15. The fourth-order valence-corrected chi connectivity index (χ4v) is 6.51. The Bertz CT molecular complexity index is 598. The molecule has 2 aliphatic rings. The third-order valence-corrected chi connectivity index (χ3v) is 7.99. The van der Waals surface area contributed by atoms with Crippen LogP contribution in [0.15, 0.2) is 12.2 Å². The van der Waals surface area contributed by atoms with Crippen LogP contribution in [0.1, 0.15) is 84.0 Å². The lowest BCUT2D eigenvalue weighted by molar-refractivity contribution is -0.137. The number of ether oxygens (including phenoxy) is 1. The van der Waals surface area contributed by atoms with E-state index in [1.165, 1.54) is 19.3 Å². The molecule has 1 N–H and O–H groups in total. The van der Waals surface area contributed by atoms with Gasteiger partial charge in [-0.05, 0) is 44.4 Å². The van der Waals surface area contributed by atoms with Crippen LogP contribution in [0.4, 0.5) is 0 Å². The number of carbonyl (C=O) groups is 1. The number of carboxylic acid groups (broad SMARTS) is 1. The maximum Gasteiger partial charge on any atom is 0.303 e. The molecule has 0 spiro atoms. The van der Waals surface area contributed by atoms with E-state index in [2.05, 4.69) is 13.0 Å². The first-order chi connectivity index (χ1) is 13.4. The molecule has 0 amide bonds. The Balaban J connectivity index is 1.76. The summed E-state index contributed by atoms with van der Waals surface area (Å²) in [5.41, 5.74) is 0. The van der Waals surface area contributed by atoms with Gasteiger partial charge in [0.05, 0.1) is 23.7 Å². The summed E-state index contributed by atoms with van der Waals surface area (Å²) >= 11 is 0. The van der Waals surface area contributed by atoms with Crippen LogP contribution >= 0.6 is 0 Å². The van der Waals surface area contributed by atoms with Gasteiger partial charge in [0.1, 0.15) is 0 Å². The van der Waals surface area contributed by atoms with E-state index in [1.54, 1.807) is 0 Å². The van der Waals surface area contributed by atoms with Gasteiger partial charge in [-0.1, -0.05) is 51.2 Å². The van der Waals surface area contributed by atoms with Crippen molar-refractivity contribution in [2.24, 2.45) is 11.8 Å². The molecule has 0 radical (unpaired) electrons. The zero-order valence-electron chi connectivity index (χ0n) is 17.4. The second-order valence-corrected chi connectivity index (χ2v) is 10.7. The highest BCUT2D eigenvalue weighted by molar-refractivity contribution is 7.91. The van der Waals surface area contributed by atoms with Crippen LogP contribution in [0.25, 0.3) is 0 Å². The number of hydrogen-bond donors (Lipinski definition) is 1. The van der Waals surface area contributed by atoms with Gasteiger partial charge >= 0.3 is 5.97 Å². The van der Waals surface area contributed by atoms with Crippen LogP contribution < -0.4 is 0 Å². The minimum atomic E-state index is -3.03. The van der Waals surface area contributed by atoms with Crippen LogP contribution in [-0.4, -0.2) is 43.2 Å². The Hall–Kier alpha value is -0.880. The summed E-state index contributed by atoms with van der Waals surface area (Å²) in [5, 5.41) is 8.67. The van der Waals surface area contributed by atoms with Crippen molar-refractivity contribution in [1.29, 1.82) is 0 Å². The van der Waals surface area contributed by atoms with Gasteiger partial charge in [0.2, 0.25) is 0 Å². The van der Waals surface area contributed by atoms with Gasteiger partial charge in [0.25, 0.3) is 0 Å². The van der Waals surface area contributed by atoms with Crippen molar-refractivity contribution in [1.82, 2.24) is 0 Å². The largest absolute Gasteiger partial charge is 0.481 e. The molecule has 0 aromatic rings. The molecule has 0 unspecified atom stereocenters. The van der Waals surface area contributed by atoms with Crippen molar-refractivity contribution in [3.05, 3.63) is 12.2 Å². The minimum Gasteiger partial charge on any atom is -0.481 e. The summed E-state index contributed by atoms with van der Waals surface area (Å²) in [7, 11) is -3.03. The summed E-state index contributed by atoms with van der Waals surface area (Å²) in [5.74, 6) is 0.220. The summed E-state index contributed by atoms with van der Waals surface area (Å²) in [6.45, 7) is 2.18. The number of unbranched alkanes of at least 4 members (excludes halogenated alkanes) is 6. The third-order valence-electron chi connectivity index (χ3n) is 6.18. The Morgan fingerprint density at radius 1 is 1.00 bits per heavy atom. The molecule has 2 heterocycles. The highest BCUT2D eigenvalue weighted by Crippen LogP contribution is 2.45. The maximum absolute atomic E-state index is 12.6. The van der Waals surface area contributed by atoms with Crippen molar-refractivity contribution in [2.75, 3.05) is 11.5 Å². The molecule has 162 valence electrons. The number of aliphatic carboxylic acids is 1. The first-order valence-corrected chi connectivity index (χ1v) is 13.0. The molecule has 2 aliphatic heterocycles. The summed E-state index contributed by atoms with van der Waals surface area (Å²) < 4.78 is 31.3. The lowest BCUT2D eigenvalue weighted by Crippen LogP contribution is -2.33. The minimum absolute atomic E-state index is 0.106. The fourth-order valence-electron chi connectivity index (χ4n) is 4.65. The van der Waals surface area contributed by atoms with Crippen LogP contribution in [0.3, 0.4) is 0 Å². The van der Waals surface area contributed by atoms with Gasteiger partial charge in [-0.15, -0.1) is 0 Å². The van der Waals surface area contributed by atoms with Gasteiger partial charge in [-0.2, -0.15) is 0 Å². The highest BCUT2D eigenvalue weighted by atomic mass is 32.2. The van der Waals surface area contributed by atoms with E-state index < -0.39 is 15.8 Å². The molecule has 6 heteroatoms. The van der Waals surface area contributed by atoms with Gasteiger partial charge in [-0.3, -0.25) is 4.79 Å². The predicted octanol–water partition coefficient (Wildman–Crippen LogP) is 4.76. The summed E-state index contributed by atoms with van der Waals surface area (Å²) in [6.07, 6.45) is 15.5.